The van der Waals surface area contributed by atoms with Gasteiger partial charge in [0, 0.05) is 13.1 Å². The molecule has 2 aromatic carbocycles. The Bertz CT molecular complexity index is 972. The molecule has 2 aliphatic heterocycles. The Kier molecular flexibility index (Phi) is 5.20. The van der Waals surface area contributed by atoms with Crippen LogP contribution in [0.3, 0.4) is 0 Å². The quantitative estimate of drug-likeness (QED) is 0.762. The summed E-state index contributed by atoms with van der Waals surface area (Å²) in [6, 6.07) is 12.7. The van der Waals surface area contributed by atoms with E-state index in [0.29, 0.717) is 17.8 Å². The third kappa shape index (κ3) is 3.94. The summed E-state index contributed by atoms with van der Waals surface area (Å²) >= 11 is 0. The van der Waals surface area contributed by atoms with Gasteiger partial charge in [0.2, 0.25) is 5.91 Å². The van der Waals surface area contributed by atoms with Crippen molar-refractivity contribution in [2.24, 2.45) is 0 Å². The van der Waals surface area contributed by atoms with Crippen LogP contribution < -0.4 is 15.5 Å². The highest BCUT2D eigenvalue weighted by Gasteiger charge is 2.36. The van der Waals surface area contributed by atoms with Crippen molar-refractivity contribution in [1.82, 2.24) is 5.32 Å². The first-order valence-corrected chi connectivity index (χ1v) is 9.73. The van der Waals surface area contributed by atoms with Gasteiger partial charge in [-0.15, -0.1) is 0 Å². The number of nitrogens with zero attached hydrogens (tertiary/aromatic N) is 1. The smallest absolute Gasteiger partial charge is 0.338 e. The van der Waals surface area contributed by atoms with E-state index in [9.17, 15) is 14.4 Å². The first-order chi connectivity index (χ1) is 14.0. The Morgan fingerprint density at radius 2 is 2.07 bits per heavy atom. The van der Waals surface area contributed by atoms with E-state index in [1.165, 1.54) is 0 Å². The Balaban J connectivity index is 1.34. The molecular weight excluding hydrogens is 370 g/mol. The normalized spacial score (nSPS) is 17.2. The molecule has 1 fully saturated rings. The number of carbonyl (C=O) groups excluding carboxylic acids is 3. The number of hydrogen-bond acceptors (Lipinski definition) is 5. The summed E-state index contributed by atoms with van der Waals surface area (Å²) in [6.07, 6.45) is 1.81. The monoisotopic (exact) mass is 393 g/mol. The average Bonchev–Trinajstić information content (AvgIpc) is 3.22. The fourth-order valence-electron chi connectivity index (χ4n) is 3.82. The minimum absolute atomic E-state index is 0.0453. The van der Waals surface area contributed by atoms with Crippen LogP contribution in [0.15, 0.2) is 42.5 Å². The second-order valence-corrected chi connectivity index (χ2v) is 7.35. The number of anilines is 2. The van der Waals surface area contributed by atoms with E-state index < -0.39 is 5.97 Å². The van der Waals surface area contributed by atoms with E-state index in [4.69, 9.17) is 4.74 Å². The Morgan fingerprint density at radius 3 is 2.90 bits per heavy atom. The zero-order chi connectivity index (χ0) is 20.4. The number of amides is 2. The molecule has 2 heterocycles. The topological polar surface area (TPSA) is 87.7 Å². The van der Waals surface area contributed by atoms with Crippen LogP contribution in [0.4, 0.5) is 11.4 Å². The number of ether oxygens (including phenoxy) is 1. The molecule has 0 saturated carbocycles. The maximum absolute atomic E-state index is 12.3. The zero-order valence-corrected chi connectivity index (χ0v) is 16.2. The lowest BCUT2D eigenvalue weighted by atomic mass is 10.1. The van der Waals surface area contributed by atoms with Crippen LogP contribution in [0.2, 0.25) is 0 Å². The lowest BCUT2D eigenvalue weighted by Crippen LogP contribution is -2.43. The van der Waals surface area contributed by atoms with E-state index in [1.54, 1.807) is 12.1 Å². The van der Waals surface area contributed by atoms with Gasteiger partial charge in [0.15, 0.2) is 6.61 Å². The molecule has 4 rings (SSSR count). The predicted molar refractivity (Wildman–Crippen MR) is 109 cm³/mol. The molecule has 7 nitrogen and oxygen atoms in total. The molecule has 0 spiro atoms. The molecule has 7 heteroatoms. The number of nitrogens with one attached hydrogen (secondary N) is 2. The maximum Gasteiger partial charge on any atom is 0.338 e. The van der Waals surface area contributed by atoms with Crippen molar-refractivity contribution < 1.29 is 19.1 Å². The van der Waals surface area contributed by atoms with Crippen molar-refractivity contribution in [3.63, 3.8) is 0 Å². The Morgan fingerprint density at radius 1 is 1.24 bits per heavy atom. The summed E-state index contributed by atoms with van der Waals surface area (Å²) in [5, 5.41) is 5.62. The molecule has 2 amide bonds. The molecule has 1 atom stereocenters. The fourth-order valence-corrected chi connectivity index (χ4v) is 3.82. The number of aryl methyl sites for hydroxylation is 1. The summed E-state index contributed by atoms with van der Waals surface area (Å²) in [6.45, 7) is 2.82. The molecule has 1 saturated heterocycles. The second-order valence-electron chi connectivity index (χ2n) is 7.35. The van der Waals surface area contributed by atoms with Gasteiger partial charge in [0.25, 0.3) is 5.91 Å². The lowest BCUT2D eigenvalue weighted by Gasteiger charge is -2.33. The molecular formula is C22H23N3O4. The van der Waals surface area contributed by atoms with Crippen LogP contribution in [-0.4, -0.2) is 37.0 Å². The Labute approximate surface area is 169 Å². The zero-order valence-electron chi connectivity index (χ0n) is 16.2. The molecule has 2 aromatic rings. The van der Waals surface area contributed by atoms with Crippen LogP contribution in [0, 0.1) is 6.92 Å². The van der Waals surface area contributed by atoms with Gasteiger partial charge in [0.1, 0.15) is 6.04 Å². The number of fused-ring (bicyclic) bond motifs is 3. The summed E-state index contributed by atoms with van der Waals surface area (Å²) in [4.78, 5) is 38.7. The van der Waals surface area contributed by atoms with E-state index in [-0.39, 0.29) is 24.5 Å². The fraction of sp³-hybridized carbons (Fsp3) is 0.318. The number of hydrogen-bond donors (Lipinski definition) is 2. The van der Waals surface area contributed by atoms with E-state index in [2.05, 4.69) is 15.5 Å². The molecule has 0 bridgehead atoms. The van der Waals surface area contributed by atoms with Crippen molar-refractivity contribution in [3.8, 4) is 0 Å². The largest absolute Gasteiger partial charge is 0.452 e. The van der Waals surface area contributed by atoms with Crippen molar-refractivity contribution in [3.05, 3.63) is 59.2 Å². The lowest BCUT2D eigenvalue weighted by molar-refractivity contribution is -0.124. The minimum atomic E-state index is -0.600. The Hall–Kier alpha value is -3.35. The molecule has 0 unspecified atom stereocenters. The third-order valence-corrected chi connectivity index (χ3v) is 5.43. The summed E-state index contributed by atoms with van der Waals surface area (Å²) in [5.41, 5.74) is 3.92. The van der Waals surface area contributed by atoms with Crippen molar-refractivity contribution >= 4 is 29.2 Å². The number of carbonyl (C=O) groups is 3. The van der Waals surface area contributed by atoms with Gasteiger partial charge < -0.3 is 20.3 Å². The summed E-state index contributed by atoms with van der Waals surface area (Å²) < 4.78 is 5.14. The summed E-state index contributed by atoms with van der Waals surface area (Å²) in [7, 11) is 0. The van der Waals surface area contributed by atoms with Gasteiger partial charge in [-0.25, -0.2) is 4.79 Å². The molecule has 0 aliphatic carbocycles. The first kappa shape index (κ1) is 19.0. The molecule has 0 aromatic heterocycles. The highest BCUT2D eigenvalue weighted by molar-refractivity contribution is 6.05. The highest BCUT2D eigenvalue weighted by Crippen LogP contribution is 2.37. The van der Waals surface area contributed by atoms with Crippen molar-refractivity contribution in [1.29, 1.82) is 0 Å². The van der Waals surface area contributed by atoms with E-state index >= 15 is 0 Å². The molecule has 0 radical (unpaired) electrons. The third-order valence-electron chi connectivity index (χ3n) is 5.43. The van der Waals surface area contributed by atoms with Gasteiger partial charge in [-0.2, -0.15) is 0 Å². The van der Waals surface area contributed by atoms with Crippen molar-refractivity contribution in [2.75, 3.05) is 23.4 Å². The van der Waals surface area contributed by atoms with E-state index in [0.717, 1.165) is 36.2 Å². The van der Waals surface area contributed by atoms with Crippen LogP contribution in [0.1, 0.15) is 34.3 Å². The SMILES string of the molecule is Cc1ccccc1CNC(=O)COC(=O)c1ccc2c(c1)NC(=O)[C@H]1CCCN21. The number of esters is 1. The number of rotatable bonds is 5. The van der Waals surface area contributed by atoms with Crippen LogP contribution >= 0.6 is 0 Å². The molecule has 29 heavy (non-hydrogen) atoms. The predicted octanol–water partition coefficient (Wildman–Crippen LogP) is 2.39. The summed E-state index contributed by atoms with van der Waals surface area (Å²) in [5.74, 6) is -1.01. The van der Waals surface area contributed by atoms with Crippen molar-refractivity contribution in [2.45, 2.75) is 32.4 Å². The van der Waals surface area contributed by atoms with Crippen LogP contribution in [0.5, 0.6) is 0 Å². The van der Waals surface area contributed by atoms with Gasteiger partial charge in [0.05, 0.1) is 16.9 Å². The molecule has 2 aliphatic rings. The van der Waals surface area contributed by atoms with Crippen LogP contribution in [-0.2, 0) is 20.9 Å². The van der Waals surface area contributed by atoms with Gasteiger partial charge >= 0.3 is 5.97 Å². The minimum Gasteiger partial charge on any atom is -0.452 e. The number of benzene rings is 2. The standard InChI is InChI=1S/C22H23N3O4/c1-14-5-2-3-6-16(14)12-23-20(26)13-29-22(28)15-8-9-18-17(11-15)24-21(27)19-7-4-10-25(18)19/h2-3,5-6,8-9,11,19H,4,7,10,12-13H2,1H3,(H,23,26)(H,24,27)/t19-/m1/s1. The van der Waals surface area contributed by atoms with Gasteiger partial charge in [-0.1, -0.05) is 24.3 Å². The van der Waals surface area contributed by atoms with Gasteiger partial charge in [-0.05, 0) is 49.1 Å². The van der Waals surface area contributed by atoms with Crippen LogP contribution in [0.25, 0.3) is 0 Å². The molecule has 150 valence electrons. The molecule has 2 N–H and O–H groups in total. The van der Waals surface area contributed by atoms with Gasteiger partial charge in [-0.3, -0.25) is 9.59 Å². The highest BCUT2D eigenvalue weighted by atomic mass is 16.5. The second kappa shape index (κ2) is 7.95. The first-order valence-electron chi connectivity index (χ1n) is 9.73. The maximum atomic E-state index is 12.3. The van der Waals surface area contributed by atoms with E-state index in [1.807, 2.05) is 37.3 Å². The average molecular weight is 393 g/mol.